The summed E-state index contributed by atoms with van der Waals surface area (Å²) in [5, 5.41) is 5.07. The molecule has 0 heterocycles. The third-order valence-corrected chi connectivity index (χ3v) is 6.77. The van der Waals surface area contributed by atoms with Crippen molar-refractivity contribution in [1.29, 1.82) is 0 Å². The van der Waals surface area contributed by atoms with Gasteiger partial charge in [0.15, 0.2) is 6.61 Å². The summed E-state index contributed by atoms with van der Waals surface area (Å²) in [6.07, 6.45) is 6.47. The molecule has 8 heteroatoms. The summed E-state index contributed by atoms with van der Waals surface area (Å²) in [5.41, 5.74) is -0.0265. The lowest BCUT2D eigenvalue weighted by Crippen LogP contribution is -2.54. The van der Waals surface area contributed by atoms with Crippen molar-refractivity contribution in [1.82, 2.24) is 5.32 Å². The molecule has 2 amide bonds. The molecule has 1 aromatic carbocycles. The number of rotatable bonds is 6. The number of anilines is 1. The van der Waals surface area contributed by atoms with Crippen LogP contribution in [-0.2, 0) is 19.1 Å². The lowest BCUT2D eigenvalue weighted by atomic mass is 9.49. The van der Waals surface area contributed by atoms with Gasteiger partial charge in [0.25, 0.3) is 5.91 Å². The fraction of sp³-hybridized carbons (Fsp3) is 0.571. The monoisotopic (exact) mass is 422 g/mol. The summed E-state index contributed by atoms with van der Waals surface area (Å²) in [5.74, 6) is 0.0291. The van der Waals surface area contributed by atoms with Crippen LogP contribution in [-0.4, -0.2) is 30.9 Å². The fourth-order valence-electron chi connectivity index (χ4n) is 5.70. The lowest BCUT2D eigenvalue weighted by molar-refractivity contribution is -0.152. The first-order valence-corrected chi connectivity index (χ1v) is 10.4. The Kier molecular flexibility index (Phi) is 5.51. The van der Waals surface area contributed by atoms with Gasteiger partial charge in [-0.25, -0.2) is 4.39 Å². The highest BCUT2D eigenvalue weighted by Gasteiger charge is 2.54. The highest BCUT2D eigenvalue weighted by atomic mass is 35.5. The van der Waals surface area contributed by atoms with Gasteiger partial charge in [-0.15, -0.1) is 0 Å². The van der Waals surface area contributed by atoms with E-state index in [1.807, 2.05) is 0 Å². The fourth-order valence-corrected chi connectivity index (χ4v) is 5.88. The normalized spacial score (nSPS) is 29.4. The third-order valence-electron chi connectivity index (χ3n) is 6.48. The lowest BCUT2D eigenvalue weighted by Gasteiger charge is -2.55. The Hall–Kier alpha value is -2.15. The van der Waals surface area contributed by atoms with Crippen LogP contribution in [0.1, 0.15) is 38.5 Å². The van der Waals surface area contributed by atoms with Crippen molar-refractivity contribution in [3.05, 3.63) is 29.0 Å². The van der Waals surface area contributed by atoms with Gasteiger partial charge in [0, 0.05) is 11.1 Å². The van der Waals surface area contributed by atoms with E-state index >= 15 is 0 Å². The number of amides is 2. The van der Waals surface area contributed by atoms with Gasteiger partial charge < -0.3 is 15.4 Å². The number of benzene rings is 1. The summed E-state index contributed by atoms with van der Waals surface area (Å²) in [6.45, 7) is -0.753. The Balaban J connectivity index is 1.21. The minimum absolute atomic E-state index is 0.0565. The number of ether oxygens (including phenoxy) is 1. The number of hydrogen-bond donors (Lipinski definition) is 2. The van der Waals surface area contributed by atoms with Gasteiger partial charge in [-0.1, -0.05) is 11.6 Å². The van der Waals surface area contributed by atoms with E-state index in [0.717, 1.165) is 25.3 Å². The molecule has 4 saturated carbocycles. The van der Waals surface area contributed by atoms with Gasteiger partial charge in [0.05, 0.1) is 5.02 Å². The van der Waals surface area contributed by atoms with Crippen LogP contribution in [0.25, 0.3) is 0 Å². The Morgan fingerprint density at radius 2 is 1.72 bits per heavy atom. The predicted molar refractivity (Wildman–Crippen MR) is 105 cm³/mol. The van der Waals surface area contributed by atoms with Gasteiger partial charge in [0.1, 0.15) is 12.4 Å². The summed E-state index contributed by atoms with van der Waals surface area (Å²) >= 11 is 5.66. The zero-order chi connectivity index (χ0) is 20.6. The van der Waals surface area contributed by atoms with Gasteiger partial charge in [-0.2, -0.15) is 0 Å². The van der Waals surface area contributed by atoms with Gasteiger partial charge in [0.2, 0.25) is 5.91 Å². The predicted octanol–water partition coefficient (Wildman–Crippen LogP) is 3.29. The molecule has 5 rings (SSSR count). The summed E-state index contributed by atoms with van der Waals surface area (Å²) in [4.78, 5) is 36.6. The number of carbonyl (C=O) groups excluding carboxylic acids is 3. The van der Waals surface area contributed by atoms with Gasteiger partial charge in [-0.3, -0.25) is 14.4 Å². The molecule has 0 spiro atoms. The van der Waals surface area contributed by atoms with Crippen LogP contribution in [0, 0.1) is 29.0 Å². The molecule has 6 nitrogen and oxygen atoms in total. The van der Waals surface area contributed by atoms with Crippen LogP contribution in [0.2, 0.25) is 5.02 Å². The zero-order valence-corrected chi connectivity index (χ0v) is 16.8. The highest BCUT2D eigenvalue weighted by Crippen LogP contribution is 2.60. The number of hydrogen-bond acceptors (Lipinski definition) is 4. The summed E-state index contributed by atoms with van der Waals surface area (Å²) in [7, 11) is 0. The SMILES string of the molecule is O=C(COC(=O)CNC(=O)C12CC3CC(CC(C3)C1)C2)Nc1ccc(F)c(Cl)c1. The molecular formula is C21H24ClFN2O4. The number of halogens is 2. The van der Waals surface area contributed by atoms with Crippen molar-refractivity contribution < 1.29 is 23.5 Å². The number of nitrogens with one attached hydrogen (secondary N) is 2. The Morgan fingerprint density at radius 1 is 1.10 bits per heavy atom. The first-order valence-electron chi connectivity index (χ1n) is 10.0. The molecular weight excluding hydrogens is 399 g/mol. The molecule has 0 aliphatic heterocycles. The van der Waals surface area contributed by atoms with E-state index in [1.165, 1.54) is 31.4 Å². The first kappa shape index (κ1) is 20.1. The minimum atomic E-state index is -0.671. The average Bonchev–Trinajstić information content (AvgIpc) is 2.66. The molecule has 4 fully saturated rings. The van der Waals surface area contributed by atoms with Gasteiger partial charge >= 0.3 is 5.97 Å². The smallest absolute Gasteiger partial charge is 0.325 e. The average molecular weight is 423 g/mol. The molecule has 0 aromatic heterocycles. The van der Waals surface area contributed by atoms with E-state index < -0.39 is 24.3 Å². The molecule has 4 aliphatic carbocycles. The molecule has 29 heavy (non-hydrogen) atoms. The molecule has 0 atom stereocenters. The maximum absolute atomic E-state index is 13.1. The maximum Gasteiger partial charge on any atom is 0.325 e. The largest absolute Gasteiger partial charge is 0.454 e. The summed E-state index contributed by atoms with van der Waals surface area (Å²) < 4.78 is 18.1. The van der Waals surface area contributed by atoms with Gasteiger partial charge in [-0.05, 0) is 74.5 Å². The second-order valence-corrected chi connectivity index (χ2v) is 9.13. The molecule has 2 N–H and O–H groups in total. The molecule has 0 saturated heterocycles. The Bertz CT molecular complexity index is 809. The second-order valence-electron chi connectivity index (χ2n) is 8.72. The van der Waals surface area contributed by atoms with Crippen LogP contribution in [0.3, 0.4) is 0 Å². The first-order chi connectivity index (χ1) is 13.8. The molecule has 0 radical (unpaired) electrons. The number of esters is 1. The van der Waals surface area contributed by atoms with E-state index in [1.54, 1.807) is 0 Å². The van der Waals surface area contributed by atoms with Crippen LogP contribution in [0.4, 0.5) is 10.1 Å². The second kappa shape index (κ2) is 7.94. The van der Waals surface area contributed by atoms with Crippen molar-refractivity contribution in [2.24, 2.45) is 23.2 Å². The standard InChI is InChI=1S/C21H24ClFN2O4/c22-16-6-15(1-2-17(16)23)25-18(26)11-29-19(27)10-24-20(28)21-7-12-3-13(8-21)5-14(4-12)9-21/h1-2,6,12-14H,3-5,7-11H2,(H,24,28)(H,25,26). The van der Waals surface area contributed by atoms with Crippen molar-refractivity contribution >= 4 is 35.1 Å². The molecule has 4 aliphatic rings. The van der Waals surface area contributed by atoms with E-state index in [2.05, 4.69) is 10.6 Å². The van der Waals surface area contributed by atoms with Crippen molar-refractivity contribution in [3.63, 3.8) is 0 Å². The van der Waals surface area contributed by atoms with Crippen molar-refractivity contribution in [3.8, 4) is 0 Å². The molecule has 0 unspecified atom stereocenters. The maximum atomic E-state index is 13.1. The quantitative estimate of drug-likeness (QED) is 0.689. The van der Waals surface area contributed by atoms with E-state index in [9.17, 15) is 18.8 Å². The van der Waals surface area contributed by atoms with E-state index in [0.29, 0.717) is 23.4 Å². The van der Waals surface area contributed by atoms with Crippen LogP contribution < -0.4 is 10.6 Å². The van der Waals surface area contributed by atoms with Crippen LogP contribution in [0.15, 0.2) is 18.2 Å². The molecule has 4 bridgehead atoms. The van der Waals surface area contributed by atoms with E-state index in [4.69, 9.17) is 16.3 Å². The summed E-state index contributed by atoms with van der Waals surface area (Å²) in [6, 6.07) is 3.75. The number of carbonyl (C=O) groups is 3. The Morgan fingerprint density at radius 3 is 2.31 bits per heavy atom. The highest BCUT2D eigenvalue weighted by molar-refractivity contribution is 6.31. The third kappa shape index (κ3) is 4.39. The topological polar surface area (TPSA) is 84.5 Å². The minimum Gasteiger partial charge on any atom is -0.454 e. The van der Waals surface area contributed by atoms with Crippen molar-refractivity contribution in [2.45, 2.75) is 38.5 Å². The van der Waals surface area contributed by atoms with E-state index in [-0.39, 0.29) is 22.9 Å². The molecule has 156 valence electrons. The molecule has 1 aromatic rings. The zero-order valence-electron chi connectivity index (χ0n) is 16.0. The van der Waals surface area contributed by atoms with Crippen LogP contribution in [0.5, 0.6) is 0 Å². The Labute approximate surface area is 173 Å². The van der Waals surface area contributed by atoms with Crippen LogP contribution >= 0.6 is 11.6 Å². The van der Waals surface area contributed by atoms with Crippen molar-refractivity contribution in [2.75, 3.05) is 18.5 Å².